The molecule has 126 valence electrons. The molecule has 0 atom stereocenters. The van der Waals surface area contributed by atoms with E-state index in [9.17, 15) is 0 Å². The molecule has 4 aromatic rings. The van der Waals surface area contributed by atoms with Crippen molar-refractivity contribution in [2.24, 2.45) is 0 Å². The van der Waals surface area contributed by atoms with Crippen molar-refractivity contribution in [3.63, 3.8) is 0 Å². The highest BCUT2D eigenvalue weighted by Crippen LogP contribution is 2.31. The normalized spacial score (nSPS) is 10.1. The van der Waals surface area contributed by atoms with E-state index >= 15 is 0 Å². The lowest BCUT2D eigenvalue weighted by Gasteiger charge is -2.07. The molecule has 0 bridgehead atoms. The van der Waals surface area contributed by atoms with Gasteiger partial charge in [0.2, 0.25) is 0 Å². The largest absolute Gasteiger partial charge is 0.361 e. The number of thiophene rings is 1. The van der Waals surface area contributed by atoms with Crippen LogP contribution in [0.5, 0.6) is 0 Å². The van der Waals surface area contributed by atoms with Gasteiger partial charge in [-0.15, -0.1) is 16.3 Å². The Balaban J connectivity index is 1.92. The summed E-state index contributed by atoms with van der Waals surface area (Å²) in [4.78, 5) is 17.9. The lowest BCUT2D eigenvalue weighted by atomic mass is 10.1. The Morgan fingerprint density at radius 2 is 1.59 bits per heavy atom. The number of rotatable bonds is 3. The van der Waals surface area contributed by atoms with Gasteiger partial charge in [0.25, 0.3) is 5.82 Å². The summed E-state index contributed by atoms with van der Waals surface area (Å²) in [6.45, 7) is 7.18. The highest BCUT2D eigenvalue weighted by molar-refractivity contribution is 7.13. The van der Waals surface area contributed by atoms with Crippen LogP contribution in [0.3, 0.4) is 0 Å². The molecule has 5 nitrogen and oxygen atoms in total. The highest BCUT2D eigenvalue weighted by Gasteiger charge is 2.13. The van der Waals surface area contributed by atoms with E-state index in [0.717, 1.165) is 10.4 Å². The molecule has 27 heavy (non-hydrogen) atoms. The number of pyridine rings is 3. The summed E-state index contributed by atoms with van der Waals surface area (Å²) in [5.41, 5.74) is 3.89. The van der Waals surface area contributed by atoms with Crippen LogP contribution < -0.4 is 0 Å². The molecule has 0 aliphatic heterocycles. The van der Waals surface area contributed by atoms with Crippen LogP contribution in [0, 0.1) is 17.9 Å². The summed E-state index contributed by atoms with van der Waals surface area (Å²) < 4.78 is 0. The van der Waals surface area contributed by atoms with Crippen molar-refractivity contribution in [2.75, 3.05) is 0 Å². The Labute approximate surface area is 160 Å². The van der Waals surface area contributed by atoms with Crippen LogP contribution in [0.25, 0.3) is 38.1 Å². The highest BCUT2D eigenvalue weighted by atomic mass is 32.1. The molecule has 0 spiro atoms. The number of hydrogen-bond acceptors (Lipinski definition) is 5. The Bertz CT molecular complexity index is 1120. The van der Waals surface area contributed by atoms with Gasteiger partial charge in [0.15, 0.2) is 5.69 Å². The fourth-order valence-corrected chi connectivity index (χ4v) is 3.36. The molecule has 0 radical (unpaired) electrons. The van der Waals surface area contributed by atoms with E-state index < -0.39 is 0 Å². The third kappa shape index (κ3) is 3.43. The monoisotopic (exact) mass is 365 g/mol. The lowest BCUT2D eigenvalue weighted by Crippen LogP contribution is -1.94. The van der Waals surface area contributed by atoms with E-state index in [1.165, 1.54) is 0 Å². The molecular weight excluding hydrogens is 354 g/mol. The van der Waals surface area contributed by atoms with Gasteiger partial charge in [0.05, 0.1) is 11.4 Å². The van der Waals surface area contributed by atoms with Crippen LogP contribution in [0.2, 0.25) is 0 Å². The summed E-state index contributed by atoms with van der Waals surface area (Å²) in [6, 6.07) is 20.6. The fraction of sp³-hybridized carbons (Fsp3) is 0. The molecule has 6 heteroatoms. The van der Waals surface area contributed by atoms with Gasteiger partial charge in [0, 0.05) is 4.88 Å². The molecule has 4 aromatic heterocycles. The predicted octanol–water partition coefficient (Wildman–Crippen LogP) is 5.36. The molecule has 0 amide bonds. The molecule has 0 saturated heterocycles. The summed E-state index contributed by atoms with van der Waals surface area (Å²) in [5.74, 6) is 0.321. The first kappa shape index (κ1) is 16.6. The maximum Gasteiger partial charge on any atom is 0.270 e. The molecule has 0 unspecified atom stereocenters. The van der Waals surface area contributed by atoms with Crippen LogP contribution in [0.1, 0.15) is 5.69 Å². The molecule has 4 rings (SSSR count). The first-order valence-electron chi connectivity index (χ1n) is 8.05. The molecular formula is C21H11N5S. The second kappa shape index (κ2) is 7.17. The van der Waals surface area contributed by atoms with Crippen molar-refractivity contribution in [1.82, 2.24) is 15.0 Å². The van der Waals surface area contributed by atoms with Gasteiger partial charge in [-0.05, 0) is 53.4 Å². The summed E-state index contributed by atoms with van der Waals surface area (Å²) in [5, 5.41) is 11.2. The fourth-order valence-electron chi connectivity index (χ4n) is 2.65. The number of nitriles is 1. The average molecular weight is 365 g/mol. The first-order valence-corrected chi connectivity index (χ1v) is 8.93. The first-order chi connectivity index (χ1) is 13.3. The van der Waals surface area contributed by atoms with E-state index in [1.807, 2.05) is 41.8 Å². The minimum Gasteiger partial charge on any atom is -0.361 e. The smallest absolute Gasteiger partial charge is 0.270 e. The van der Waals surface area contributed by atoms with Gasteiger partial charge in [-0.1, -0.05) is 24.8 Å². The second-order valence-electron chi connectivity index (χ2n) is 5.62. The maximum absolute atomic E-state index is 9.13. The molecule has 0 fully saturated rings. The third-order valence-corrected chi connectivity index (χ3v) is 4.79. The minimum atomic E-state index is 0.321. The van der Waals surface area contributed by atoms with Crippen molar-refractivity contribution < 1.29 is 0 Å². The van der Waals surface area contributed by atoms with E-state index in [1.54, 1.807) is 35.6 Å². The topological polar surface area (TPSA) is 66.8 Å². The SMILES string of the molecule is [C-]#[N+]c1cccc(-c2cc(-c3cccs3)cc(-c3cccc(C#N)n3)n2)n1. The summed E-state index contributed by atoms with van der Waals surface area (Å²) in [6.07, 6.45) is 0. The maximum atomic E-state index is 9.13. The standard InChI is InChI=1S/C21H11N5S/c1-23-21-9-3-7-17(26-21)19-12-14(20-8-4-10-27-20)11-18(25-19)16-6-2-5-15(13-22)24-16/h2-12H. The molecule has 0 saturated carbocycles. The molecule has 0 aromatic carbocycles. The zero-order chi connectivity index (χ0) is 18.6. The van der Waals surface area contributed by atoms with Gasteiger partial charge < -0.3 is 4.85 Å². The van der Waals surface area contributed by atoms with E-state index in [4.69, 9.17) is 16.8 Å². The molecule has 4 heterocycles. The summed E-state index contributed by atoms with van der Waals surface area (Å²) in [7, 11) is 0. The Morgan fingerprint density at radius 3 is 2.26 bits per heavy atom. The number of nitrogens with zero attached hydrogens (tertiary/aromatic N) is 5. The Hall–Kier alpha value is -3.87. The van der Waals surface area contributed by atoms with E-state index in [-0.39, 0.29) is 0 Å². The van der Waals surface area contributed by atoms with Gasteiger partial charge in [0.1, 0.15) is 17.5 Å². The van der Waals surface area contributed by atoms with Gasteiger partial charge >= 0.3 is 0 Å². The molecule has 0 aliphatic carbocycles. The van der Waals surface area contributed by atoms with Crippen molar-refractivity contribution in [3.05, 3.63) is 83.2 Å². The van der Waals surface area contributed by atoms with E-state index in [2.05, 4.69) is 20.9 Å². The van der Waals surface area contributed by atoms with Crippen LogP contribution >= 0.6 is 11.3 Å². The second-order valence-corrected chi connectivity index (χ2v) is 6.56. The zero-order valence-corrected chi connectivity index (χ0v) is 14.8. The average Bonchev–Trinajstić information content (AvgIpc) is 3.28. The minimum absolute atomic E-state index is 0.321. The third-order valence-electron chi connectivity index (χ3n) is 3.87. The van der Waals surface area contributed by atoms with Crippen molar-refractivity contribution in [2.45, 2.75) is 0 Å². The Kier molecular flexibility index (Phi) is 4.40. The van der Waals surface area contributed by atoms with Crippen LogP contribution in [-0.2, 0) is 0 Å². The lowest BCUT2D eigenvalue weighted by molar-refractivity contribution is 1.21. The van der Waals surface area contributed by atoms with Crippen LogP contribution in [0.15, 0.2) is 66.0 Å². The van der Waals surface area contributed by atoms with Crippen LogP contribution in [0.4, 0.5) is 5.82 Å². The van der Waals surface area contributed by atoms with Crippen molar-refractivity contribution in [3.8, 4) is 39.3 Å². The molecule has 0 aliphatic rings. The van der Waals surface area contributed by atoms with Crippen LogP contribution in [-0.4, -0.2) is 15.0 Å². The summed E-state index contributed by atoms with van der Waals surface area (Å²) >= 11 is 1.63. The van der Waals surface area contributed by atoms with Gasteiger partial charge in [-0.25, -0.2) is 9.97 Å². The Morgan fingerprint density at radius 1 is 0.852 bits per heavy atom. The zero-order valence-electron chi connectivity index (χ0n) is 14.0. The molecule has 0 N–H and O–H groups in total. The quantitative estimate of drug-likeness (QED) is 0.459. The van der Waals surface area contributed by atoms with Crippen molar-refractivity contribution >= 4 is 17.2 Å². The number of aromatic nitrogens is 3. The van der Waals surface area contributed by atoms with Gasteiger partial charge in [-0.3, -0.25) is 0 Å². The predicted molar refractivity (Wildman–Crippen MR) is 105 cm³/mol. The van der Waals surface area contributed by atoms with Gasteiger partial charge in [-0.2, -0.15) is 5.26 Å². The number of hydrogen-bond donors (Lipinski definition) is 0. The van der Waals surface area contributed by atoms with E-state index in [0.29, 0.717) is 34.3 Å². The van der Waals surface area contributed by atoms with Crippen molar-refractivity contribution in [1.29, 1.82) is 5.26 Å².